The fourth-order valence-electron chi connectivity index (χ4n) is 3.58. The van der Waals surface area contributed by atoms with Gasteiger partial charge in [-0.3, -0.25) is 14.6 Å². The topological polar surface area (TPSA) is 98.5 Å². The van der Waals surface area contributed by atoms with Crippen LogP contribution in [0.25, 0.3) is 28.2 Å². The van der Waals surface area contributed by atoms with E-state index in [4.69, 9.17) is 4.74 Å². The lowest BCUT2D eigenvalue weighted by atomic mass is 10.1. The van der Waals surface area contributed by atoms with Crippen molar-refractivity contribution in [2.75, 3.05) is 11.9 Å². The van der Waals surface area contributed by atoms with Gasteiger partial charge in [0.2, 0.25) is 5.91 Å². The molecule has 4 aromatic rings. The number of esters is 1. The molecule has 0 aliphatic carbocycles. The summed E-state index contributed by atoms with van der Waals surface area (Å²) in [5.41, 5.74) is 1.94. The summed E-state index contributed by atoms with van der Waals surface area (Å²) in [5, 5.41) is 7.10. The normalized spacial score (nSPS) is 11.5. The second-order valence-corrected chi connectivity index (χ2v) is 7.93. The number of carbonyl (C=O) groups excluding carboxylic acids is 2. The number of benzene rings is 1. The first-order valence-corrected chi connectivity index (χ1v) is 11.1. The minimum absolute atomic E-state index is 0.0161. The molecule has 4 rings (SSSR count). The van der Waals surface area contributed by atoms with Crippen molar-refractivity contribution >= 4 is 23.2 Å². The van der Waals surface area contributed by atoms with Gasteiger partial charge in [-0.1, -0.05) is 12.1 Å². The summed E-state index contributed by atoms with van der Waals surface area (Å²) >= 11 is 0. The SMILES string of the molecule is CCOC(=O)CCC(=O)Nc1cc(-c2cn3nc(-c4cccnc4C(F)(F)F)ccc3n2)ccc1C. The maximum absolute atomic E-state index is 13.4. The van der Waals surface area contributed by atoms with Crippen molar-refractivity contribution in [3.63, 3.8) is 0 Å². The van der Waals surface area contributed by atoms with Crippen LogP contribution < -0.4 is 5.32 Å². The number of halogens is 3. The van der Waals surface area contributed by atoms with Crippen molar-refractivity contribution in [2.45, 2.75) is 32.9 Å². The maximum Gasteiger partial charge on any atom is 0.434 e. The third-order valence-electron chi connectivity index (χ3n) is 5.34. The first-order chi connectivity index (χ1) is 17.2. The van der Waals surface area contributed by atoms with Crippen LogP contribution in [0, 0.1) is 6.92 Å². The molecule has 36 heavy (non-hydrogen) atoms. The molecule has 0 unspecified atom stereocenters. The largest absolute Gasteiger partial charge is 0.466 e. The molecule has 1 amide bonds. The van der Waals surface area contributed by atoms with Gasteiger partial charge in [0.1, 0.15) is 0 Å². The van der Waals surface area contributed by atoms with Gasteiger partial charge in [-0.15, -0.1) is 0 Å². The van der Waals surface area contributed by atoms with Crippen molar-refractivity contribution in [2.24, 2.45) is 0 Å². The number of fused-ring (bicyclic) bond motifs is 1. The lowest BCUT2D eigenvalue weighted by Gasteiger charge is -2.10. The number of pyridine rings is 1. The van der Waals surface area contributed by atoms with Crippen molar-refractivity contribution in [3.05, 3.63) is 66.1 Å². The number of nitrogens with zero attached hydrogens (tertiary/aromatic N) is 4. The molecule has 0 spiro atoms. The first-order valence-electron chi connectivity index (χ1n) is 11.1. The third-order valence-corrected chi connectivity index (χ3v) is 5.34. The highest BCUT2D eigenvalue weighted by atomic mass is 19.4. The Hall–Kier alpha value is -4.28. The summed E-state index contributed by atoms with van der Waals surface area (Å²) in [4.78, 5) is 31.8. The van der Waals surface area contributed by atoms with E-state index in [1.807, 2.05) is 19.1 Å². The van der Waals surface area contributed by atoms with Gasteiger partial charge in [0.25, 0.3) is 0 Å². The van der Waals surface area contributed by atoms with Crippen LogP contribution in [0.3, 0.4) is 0 Å². The number of aryl methyl sites for hydroxylation is 1. The van der Waals surface area contributed by atoms with Crippen LogP contribution in [0.4, 0.5) is 18.9 Å². The summed E-state index contributed by atoms with van der Waals surface area (Å²) < 4.78 is 46.4. The Kier molecular flexibility index (Phi) is 7.00. The Labute approximate surface area is 204 Å². The van der Waals surface area contributed by atoms with E-state index in [0.29, 0.717) is 22.6 Å². The smallest absolute Gasteiger partial charge is 0.434 e. The number of imidazole rings is 1. The fraction of sp³-hybridized carbons (Fsp3) is 0.240. The van der Waals surface area contributed by atoms with Gasteiger partial charge in [0, 0.05) is 29.4 Å². The van der Waals surface area contributed by atoms with Gasteiger partial charge in [0.15, 0.2) is 11.3 Å². The number of amides is 1. The molecule has 3 aromatic heterocycles. The molecule has 0 radical (unpaired) electrons. The predicted octanol–water partition coefficient (Wildman–Crippen LogP) is 5.07. The monoisotopic (exact) mass is 497 g/mol. The van der Waals surface area contributed by atoms with E-state index in [1.54, 1.807) is 25.3 Å². The number of ether oxygens (including phenoxy) is 1. The number of hydrogen-bond acceptors (Lipinski definition) is 6. The first kappa shape index (κ1) is 24.8. The molecule has 186 valence electrons. The van der Waals surface area contributed by atoms with Crippen LogP contribution in [-0.2, 0) is 20.5 Å². The number of nitrogens with one attached hydrogen (secondary N) is 1. The zero-order valence-electron chi connectivity index (χ0n) is 19.5. The Morgan fingerprint density at radius 2 is 1.89 bits per heavy atom. The van der Waals surface area contributed by atoms with Crippen LogP contribution in [0.2, 0.25) is 0 Å². The lowest BCUT2D eigenvalue weighted by Crippen LogP contribution is -2.15. The molecule has 1 aromatic carbocycles. The quantitative estimate of drug-likeness (QED) is 0.358. The molecular weight excluding hydrogens is 475 g/mol. The summed E-state index contributed by atoms with van der Waals surface area (Å²) in [5.74, 6) is -0.773. The van der Waals surface area contributed by atoms with Crippen LogP contribution in [0.5, 0.6) is 0 Å². The average Bonchev–Trinajstić information content (AvgIpc) is 3.27. The molecule has 8 nitrogen and oxygen atoms in total. The Balaban J connectivity index is 1.60. The Morgan fingerprint density at radius 3 is 2.64 bits per heavy atom. The number of anilines is 1. The number of rotatable bonds is 7. The van der Waals surface area contributed by atoms with Gasteiger partial charge < -0.3 is 10.1 Å². The molecule has 1 N–H and O–H groups in total. The highest BCUT2D eigenvalue weighted by Crippen LogP contribution is 2.34. The molecular formula is C25H22F3N5O3. The molecule has 3 heterocycles. The highest BCUT2D eigenvalue weighted by Gasteiger charge is 2.35. The number of aromatic nitrogens is 4. The number of hydrogen-bond donors (Lipinski definition) is 1. The Morgan fingerprint density at radius 1 is 1.08 bits per heavy atom. The summed E-state index contributed by atoms with van der Waals surface area (Å²) in [6, 6.07) is 11.1. The molecule has 0 fully saturated rings. The van der Waals surface area contributed by atoms with Crippen molar-refractivity contribution in [3.8, 4) is 22.5 Å². The van der Waals surface area contributed by atoms with E-state index in [0.717, 1.165) is 11.8 Å². The molecule has 0 atom stereocenters. The van der Waals surface area contributed by atoms with Gasteiger partial charge in [-0.05, 0) is 49.7 Å². The molecule has 11 heteroatoms. The minimum atomic E-state index is -4.62. The predicted molar refractivity (Wildman–Crippen MR) is 126 cm³/mol. The Bertz CT molecular complexity index is 1430. The van der Waals surface area contributed by atoms with E-state index >= 15 is 0 Å². The van der Waals surface area contributed by atoms with Crippen LogP contribution in [-0.4, -0.2) is 38.1 Å². The van der Waals surface area contributed by atoms with Crippen molar-refractivity contribution in [1.29, 1.82) is 0 Å². The van der Waals surface area contributed by atoms with Crippen LogP contribution in [0.1, 0.15) is 31.0 Å². The van der Waals surface area contributed by atoms with E-state index in [2.05, 4.69) is 20.4 Å². The molecule has 0 aliphatic rings. The van der Waals surface area contributed by atoms with Gasteiger partial charge in [0.05, 0.1) is 30.6 Å². The molecule has 0 bridgehead atoms. The third kappa shape index (κ3) is 5.51. The average molecular weight is 497 g/mol. The molecule has 0 aliphatic heterocycles. The van der Waals surface area contributed by atoms with E-state index in [9.17, 15) is 22.8 Å². The highest BCUT2D eigenvalue weighted by molar-refractivity contribution is 5.94. The van der Waals surface area contributed by atoms with Crippen molar-refractivity contribution in [1.82, 2.24) is 19.6 Å². The fourth-order valence-corrected chi connectivity index (χ4v) is 3.58. The van der Waals surface area contributed by atoms with Crippen molar-refractivity contribution < 1.29 is 27.5 Å². The standard InChI is InChI=1S/C25H22F3N5O3/c1-3-36-23(35)11-10-22(34)31-19-13-16(7-6-15(19)2)20-14-33-21(30-20)9-8-18(32-33)17-5-4-12-29-24(17)25(26,27)28/h4-9,12-14H,3,10-11H2,1-2H3,(H,31,34). The minimum Gasteiger partial charge on any atom is -0.466 e. The van der Waals surface area contributed by atoms with E-state index < -0.39 is 17.8 Å². The van der Waals surface area contributed by atoms with Gasteiger partial charge in [-0.25, -0.2) is 9.50 Å². The zero-order valence-corrected chi connectivity index (χ0v) is 19.5. The zero-order chi connectivity index (χ0) is 25.9. The number of alkyl halides is 3. The second kappa shape index (κ2) is 10.1. The lowest BCUT2D eigenvalue weighted by molar-refractivity contribution is -0.144. The second-order valence-electron chi connectivity index (χ2n) is 7.93. The van der Waals surface area contributed by atoms with Gasteiger partial charge >= 0.3 is 12.1 Å². The van der Waals surface area contributed by atoms with E-state index in [-0.39, 0.29) is 36.6 Å². The van der Waals surface area contributed by atoms with Crippen LogP contribution in [0.15, 0.2) is 54.9 Å². The van der Waals surface area contributed by atoms with Gasteiger partial charge in [-0.2, -0.15) is 18.3 Å². The number of carbonyl (C=O) groups is 2. The molecule has 0 saturated heterocycles. The summed E-state index contributed by atoms with van der Waals surface area (Å²) in [7, 11) is 0. The van der Waals surface area contributed by atoms with E-state index in [1.165, 1.54) is 22.7 Å². The summed E-state index contributed by atoms with van der Waals surface area (Å²) in [6.45, 7) is 3.78. The maximum atomic E-state index is 13.4. The van der Waals surface area contributed by atoms with Crippen LogP contribution >= 0.6 is 0 Å². The summed E-state index contributed by atoms with van der Waals surface area (Å²) in [6.07, 6.45) is -1.97. The molecule has 0 saturated carbocycles.